The molecule has 2 aliphatic rings. The van der Waals surface area contributed by atoms with E-state index in [-0.39, 0.29) is 23.7 Å². The number of carbonyl (C=O) groups excluding carboxylic acids is 1. The molecule has 0 aromatic heterocycles. The Kier molecular flexibility index (Phi) is 4.81. The Bertz CT molecular complexity index is 576. The van der Waals surface area contributed by atoms with Gasteiger partial charge in [0.25, 0.3) is 0 Å². The highest BCUT2D eigenvalue weighted by Gasteiger charge is 2.33. The lowest BCUT2D eigenvalue weighted by Gasteiger charge is -2.39. The second kappa shape index (κ2) is 7.00. The van der Waals surface area contributed by atoms with Gasteiger partial charge in [0.05, 0.1) is 31.2 Å². The van der Waals surface area contributed by atoms with Gasteiger partial charge in [-0.05, 0) is 37.5 Å². The predicted molar refractivity (Wildman–Crippen MR) is 82.6 cm³/mol. The monoisotopic (exact) mass is 319 g/mol. The Morgan fingerprint density at radius 1 is 1.30 bits per heavy atom. The average molecular weight is 319 g/mol. The number of likely N-dealkylation sites (tertiary alicyclic amines) is 1. The minimum atomic E-state index is -0.978. The number of carbonyl (C=O) groups is 2. The van der Waals surface area contributed by atoms with E-state index < -0.39 is 5.97 Å². The maximum absolute atomic E-state index is 12.1. The Labute approximate surface area is 135 Å². The Hall–Kier alpha value is -2.08. The number of benzene rings is 1. The molecule has 3 rings (SSSR count). The fourth-order valence-electron chi connectivity index (χ4n) is 2.90. The number of ether oxygens (including phenoxy) is 2. The SMILES string of the molecule is O=C(O)c1cccc(OC2CN(C(=O)CC3CCCCO3)C2)c1. The summed E-state index contributed by atoms with van der Waals surface area (Å²) in [5, 5.41) is 8.96. The number of aromatic carboxylic acids is 1. The molecule has 1 N–H and O–H groups in total. The second-order valence-electron chi connectivity index (χ2n) is 6.06. The zero-order valence-electron chi connectivity index (χ0n) is 12.9. The van der Waals surface area contributed by atoms with E-state index in [0.29, 0.717) is 25.3 Å². The molecule has 0 spiro atoms. The zero-order chi connectivity index (χ0) is 16.2. The van der Waals surface area contributed by atoms with Gasteiger partial charge < -0.3 is 19.5 Å². The molecule has 2 aliphatic heterocycles. The molecule has 0 bridgehead atoms. The molecule has 2 fully saturated rings. The van der Waals surface area contributed by atoms with Crippen LogP contribution in [0.4, 0.5) is 0 Å². The highest BCUT2D eigenvalue weighted by Crippen LogP contribution is 2.22. The van der Waals surface area contributed by atoms with Crippen molar-refractivity contribution in [3.63, 3.8) is 0 Å². The van der Waals surface area contributed by atoms with E-state index in [0.717, 1.165) is 25.9 Å². The van der Waals surface area contributed by atoms with Gasteiger partial charge in [0, 0.05) is 6.61 Å². The van der Waals surface area contributed by atoms with Crippen molar-refractivity contribution in [1.82, 2.24) is 4.90 Å². The van der Waals surface area contributed by atoms with Crippen molar-refractivity contribution in [2.45, 2.75) is 37.9 Å². The van der Waals surface area contributed by atoms with Gasteiger partial charge in [-0.3, -0.25) is 4.79 Å². The number of carboxylic acids is 1. The Morgan fingerprint density at radius 3 is 2.83 bits per heavy atom. The number of hydrogen-bond acceptors (Lipinski definition) is 4. The van der Waals surface area contributed by atoms with Crippen LogP contribution in [0.5, 0.6) is 5.75 Å². The van der Waals surface area contributed by atoms with Gasteiger partial charge in [0.1, 0.15) is 11.9 Å². The van der Waals surface area contributed by atoms with Crippen molar-refractivity contribution in [1.29, 1.82) is 0 Å². The van der Waals surface area contributed by atoms with Crippen molar-refractivity contribution in [2.75, 3.05) is 19.7 Å². The molecule has 1 aromatic carbocycles. The first-order valence-electron chi connectivity index (χ1n) is 8.01. The minimum absolute atomic E-state index is 0.0588. The van der Waals surface area contributed by atoms with Gasteiger partial charge >= 0.3 is 5.97 Å². The lowest BCUT2D eigenvalue weighted by Crippen LogP contribution is -2.56. The minimum Gasteiger partial charge on any atom is -0.487 e. The number of nitrogens with zero attached hydrogens (tertiary/aromatic N) is 1. The fraction of sp³-hybridized carbons (Fsp3) is 0.529. The molecule has 23 heavy (non-hydrogen) atoms. The topological polar surface area (TPSA) is 76.1 Å². The maximum atomic E-state index is 12.1. The number of rotatable bonds is 5. The van der Waals surface area contributed by atoms with Crippen LogP contribution in [0.25, 0.3) is 0 Å². The van der Waals surface area contributed by atoms with Crippen LogP contribution in [-0.4, -0.2) is 53.8 Å². The molecule has 1 atom stereocenters. The molecule has 6 nitrogen and oxygen atoms in total. The van der Waals surface area contributed by atoms with Crippen LogP contribution in [0.2, 0.25) is 0 Å². The summed E-state index contributed by atoms with van der Waals surface area (Å²) in [5.74, 6) is -0.345. The third kappa shape index (κ3) is 4.01. The van der Waals surface area contributed by atoms with E-state index in [1.54, 1.807) is 17.0 Å². The van der Waals surface area contributed by atoms with Crippen LogP contribution in [0.3, 0.4) is 0 Å². The summed E-state index contributed by atoms with van der Waals surface area (Å²) in [6.07, 6.45) is 3.60. The molecule has 2 heterocycles. The fourth-order valence-corrected chi connectivity index (χ4v) is 2.90. The summed E-state index contributed by atoms with van der Waals surface area (Å²) in [6.45, 7) is 1.84. The van der Waals surface area contributed by atoms with Crippen LogP contribution in [-0.2, 0) is 9.53 Å². The van der Waals surface area contributed by atoms with Gasteiger partial charge in [-0.1, -0.05) is 6.07 Å². The summed E-state index contributed by atoms with van der Waals surface area (Å²) in [4.78, 5) is 24.8. The number of hydrogen-bond donors (Lipinski definition) is 1. The third-order valence-corrected chi connectivity index (χ3v) is 4.26. The van der Waals surface area contributed by atoms with Gasteiger partial charge in [-0.15, -0.1) is 0 Å². The largest absolute Gasteiger partial charge is 0.487 e. The highest BCUT2D eigenvalue weighted by molar-refractivity contribution is 5.88. The molecule has 124 valence electrons. The molecule has 0 aliphatic carbocycles. The van der Waals surface area contributed by atoms with Gasteiger partial charge in [0.2, 0.25) is 5.91 Å². The molecular weight excluding hydrogens is 298 g/mol. The Morgan fingerprint density at radius 2 is 2.13 bits per heavy atom. The zero-order valence-corrected chi connectivity index (χ0v) is 12.9. The van der Waals surface area contributed by atoms with Gasteiger partial charge in [-0.25, -0.2) is 4.79 Å². The molecule has 1 amide bonds. The summed E-state index contributed by atoms with van der Waals surface area (Å²) in [5.41, 5.74) is 0.198. The van der Waals surface area contributed by atoms with E-state index in [4.69, 9.17) is 14.6 Å². The van der Waals surface area contributed by atoms with E-state index in [1.807, 2.05) is 0 Å². The highest BCUT2D eigenvalue weighted by atomic mass is 16.5. The lowest BCUT2D eigenvalue weighted by molar-refractivity contribution is -0.143. The first-order valence-corrected chi connectivity index (χ1v) is 8.01. The molecular formula is C17H21NO5. The van der Waals surface area contributed by atoms with Crippen molar-refractivity contribution in [3.05, 3.63) is 29.8 Å². The molecule has 1 unspecified atom stereocenters. The lowest BCUT2D eigenvalue weighted by atomic mass is 10.0. The van der Waals surface area contributed by atoms with Crippen molar-refractivity contribution < 1.29 is 24.2 Å². The van der Waals surface area contributed by atoms with Crippen LogP contribution >= 0.6 is 0 Å². The average Bonchev–Trinajstić information content (AvgIpc) is 2.51. The third-order valence-electron chi connectivity index (χ3n) is 4.26. The number of amides is 1. The Balaban J connectivity index is 1.44. The van der Waals surface area contributed by atoms with Crippen LogP contribution < -0.4 is 4.74 Å². The summed E-state index contributed by atoms with van der Waals surface area (Å²) >= 11 is 0. The number of carboxylic acid groups (broad SMARTS) is 1. The second-order valence-corrected chi connectivity index (χ2v) is 6.06. The first kappa shape index (κ1) is 15.8. The quantitative estimate of drug-likeness (QED) is 0.897. The van der Waals surface area contributed by atoms with Crippen LogP contribution in [0.1, 0.15) is 36.0 Å². The maximum Gasteiger partial charge on any atom is 0.335 e. The molecule has 0 radical (unpaired) electrons. The van der Waals surface area contributed by atoms with E-state index in [1.165, 1.54) is 12.1 Å². The van der Waals surface area contributed by atoms with Crippen LogP contribution in [0.15, 0.2) is 24.3 Å². The molecule has 1 aromatic rings. The molecule has 0 saturated carbocycles. The summed E-state index contributed by atoms with van der Waals surface area (Å²) < 4.78 is 11.3. The summed E-state index contributed by atoms with van der Waals surface area (Å²) in [7, 11) is 0. The van der Waals surface area contributed by atoms with Crippen molar-refractivity contribution in [3.8, 4) is 5.75 Å². The predicted octanol–water partition coefficient (Wildman–Crippen LogP) is 1.93. The van der Waals surface area contributed by atoms with E-state index in [2.05, 4.69) is 0 Å². The normalized spacial score (nSPS) is 21.6. The van der Waals surface area contributed by atoms with Crippen molar-refractivity contribution >= 4 is 11.9 Å². The van der Waals surface area contributed by atoms with E-state index in [9.17, 15) is 9.59 Å². The molecule has 2 saturated heterocycles. The standard InChI is InChI=1S/C17H21NO5/c19-16(9-13-5-1-2-7-22-13)18-10-15(11-18)23-14-6-3-4-12(8-14)17(20)21/h3-4,6,8,13,15H,1-2,5,7,9-11H2,(H,20,21). The first-order chi connectivity index (χ1) is 11.1. The molecule has 6 heteroatoms. The van der Waals surface area contributed by atoms with Crippen LogP contribution in [0, 0.1) is 0 Å². The summed E-state index contributed by atoms with van der Waals surface area (Å²) in [6, 6.07) is 6.41. The van der Waals surface area contributed by atoms with Gasteiger partial charge in [0.15, 0.2) is 0 Å². The smallest absolute Gasteiger partial charge is 0.335 e. The van der Waals surface area contributed by atoms with E-state index >= 15 is 0 Å². The van der Waals surface area contributed by atoms with Gasteiger partial charge in [-0.2, -0.15) is 0 Å². The van der Waals surface area contributed by atoms with Crippen molar-refractivity contribution in [2.24, 2.45) is 0 Å².